The summed E-state index contributed by atoms with van der Waals surface area (Å²) in [6.07, 6.45) is -3.95. The molecule has 1 amide bonds. The molecule has 0 aliphatic heterocycles. The van der Waals surface area contributed by atoms with Crippen molar-refractivity contribution in [1.82, 2.24) is 9.88 Å². The van der Waals surface area contributed by atoms with E-state index in [4.69, 9.17) is 39.5 Å². The highest BCUT2D eigenvalue weighted by molar-refractivity contribution is 6.35. The first-order chi connectivity index (χ1) is 15.0. The molecule has 0 unspecified atom stereocenters. The molecule has 2 aromatic carbocycles. The van der Waals surface area contributed by atoms with Gasteiger partial charge in [0.25, 0.3) is 5.91 Å². The van der Waals surface area contributed by atoms with Gasteiger partial charge in [0.05, 0.1) is 11.1 Å². The summed E-state index contributed by atoms with van der Waals surface area (Å²) in [5.74, 6) is -0.928. The maximum Gasteiger partial charge on any atom is 0.417 e. The molecule has 0 aliphatic rings. The number of halogens is 6. The summed E-state index contributed by atoms with van der Waals surface area (Å²) >= 11 is 17.9. The van der Waals surface area contributed by atoms with Crippen molar-refractivity contribution in [3.63, 3.8) is 0 Å². The molecule has 4 nitrogen and oxygen atoms in total. The lowest BCUT2D eigenvalue weighted by Gasteiger charge is -2.22. The van der Waals surface area contributed by atoms with Gasteiger partial charge in [-0.3, -0.25) is 4.79 Å². The van der Waals surface area contributed by atoms with Crippen LogP contribution in [0.1, 0.15) is 27.0 Å². The average Bonchev–Trinajstić information content (AvgIpc) is 2.71. The van der Waals surface area contributed by atoms with E-state index in [9.17, 15) is 18.0 Å². The van der Waals surface area contributed by atoms with Gasteiger partial charge in [-0.05, 0) is 54.4 Å². The van der Waals surface area contributed by atoms with Gasteiger partial charge in [0.15, 0.2) is 0 Å². The number of aryl methyl sites for hydroxylation is 1. The summed E-state index contributed by atoms with van der Waals surface area (Å²) in [6.45, 7) is 1.73. The number of alkyl halides is 3. The molecule has 0 saturated carbocycles. The summed E-state index contributed by atoms with van der Waals surface area (Å²) in [7, 11) is 1.38. The van der Waals surface area contributed by atoms with Crippen LogP contribution in [0.2, 0.25) is 15.1 Å². The lowest BCUT2D eigenvalue weighted by atomic mass is 10.1. The molecular weight excluding hydrogens is 488 g/mol. The Morgan fingerprint density at radius 3 is 2.31 bits per heavy atom. The third-order valence-electron chi connectivity index (χ3n) is 4.58. The first-order valence-electron chi connectivity index (χ1n) is 9.16. The van der Waals surface area contributed by atoms with E-state index in [-0.39, 0.29) is 18.2 Å². The number of pyridine rings is 1. The molecule has 3 aromatic rings. The highest BCUT2D eigenvalue weighted by Crippen LogP contribution is 2.35. The SMILES string of the molecule is Cc1cc(Cl)cc(Cl)c1CN(C)C(=O)c1cnc(Oc2ccc(Cl)cc2)cc1C(F)(F)F. The fourth-order valence-corrected chi connectivity index (χ4v) is 3.75. The van der Waals surface area contributed by atoms with Gasteiger partial charge in [-0.1, -0.05) is 34.8 Å². The van der Waals surface area contributed by atoms with Crippen LogP contribution in [0.15, 0.2) is 48.7 Å². The van der Waals surface area contributed by atoms with Gasteiger partial charge in [-0.25, -0.2) is 4.98 Å². The van der Waals surface area contributed by atoms with Crippen LogP contribution in [0.25, 0.3) is 0 Å². The zero-order valence-corrected chi connectivity index (χ0v) is 19.1. The Balaban J connectivity index is 1.90. The molecule has 3 rings (SSSR count). The number of rotatable bonds is 5. The molecule has 168 valence electrons. The second-order valence-corrected chi connectivity index (χ2v) is 8.25. The summed E-state index contributed by atoms with van der Waals surface area (Å²) in [5, 5.41) is 1.18. The van der Waals surface area contributed by atoms with Crippen LogP contribution in [0.5, 0.6) is 11.6 Å². The van der Waals surface area contributed by atoms with Crippen molar-refractivity contribution in [3.8, 4) is 11.6 Å². The van der Waals surface area contributed by atoms with Crippen LogP contribution >= 0.6 is 34.8 Å². The van der Waals surface area contributed by atoms with Crippen molar-refractivity contribution < 1.29 is 22.7 Å². The first-order valence-corrected chi connectivity index (χ1v) is 10.3. The average molecular weight is 504 g/mol. The van der Waals surface area contributed by atoms with Gasteiger partial charge in [-0.2, -0.15) is 13.2 Å². The molecule has 1 heterocycles. The van der Waals surface area contributed by atoms with E-state index in [1.165, 1.54) is 37.4 Å². The molecule has 0 atom stereocenters. The smallest absolute Gasteiger partial charge is 0.417 e. The zero-order chi connectivity index (χ0) is 23.6. The van der Waals surface area contributed by atoms with Crippen LogP contribution in [0, 0.1) is 6.92 Å². The van der Waals surface area contributed by atoms with Crippen molar-refractivity contribution in [2.75, 3.05) is 7.05 Å². The van der Waals surface area contributed by atoms with E-state index < -0.39 is 23.2 Å². The highest BCUT2D eigenvalue weighted by atomic mass is 35.5. The number of aromatic nitrogens is 1. The predicted octanol–water partition coefficient (Wildman–Crippen LogP) is 7.43. The lowest BCUT2D eigenvalue weighted by molar-refractivity contribution is -0.138. The summed E-state index contributed by atoms with van der Waals surface area (Å²) in [6, 6.07) is 9.89. The fourth-order valence-electron chi connectivity index (χ4n) is 2.97. The minimum Gasteiger partial charge on any atom is -0.439 e. The van der Waals surface area contributed by atoms with E-state index in [1.807, 2.05) is 0 Å². The van der Waals surface area contributed by atoms with Gasteiger partial charge in [0.2, 0.25) is 5.88 Å². The van der Waals surface area contributed by atoms with Gasteiger partial charge < -0.3 is 9.64 Å². The normalized spacial score (nSPS) is 11.4. The molecule has 0 fully saturated rings. The molecule has 32 heavy (non-hydrogen) atoms. The molecule has 10 heteroatoms. The number of hydrogen-bond acceptors (Lipinski definition) is 3. The van der Waals surface area contributed by atoms with Gasteiger partial charge in [0.1, 0.15) is 5.75 Å². The number of ether oxygens (including phenoxy) is 1. The zero-order valence-electron chi connectivity index (χ0n) is 16.8. The van der Waals surface area contributed by atoms with Crippen molar-refractivity contribution >= 4 is 40.7 Å². The number of carbonyl (C=O) groups is 1. The molecule has 0 aliphatic carbocycles. The van der Waals surface area contributed by atoms with Crippen LogP contribution in [0.3, 0.4) is 0 Å². The standard InChI is InChI=1S/C22H16Cl3F3N2O2/c1-12-7-14(24)8-19(25)17(12)11-30(2)21(31)16-10-29-20(9-18(16)22(26,27)28)32-15-5-3-13(23)4-6-15/h3-10H,11H2,1-2H3. The van der Waals surface area contributed by atoms with Crippen LogP contribution < -0.4 is 4.74 Å². The molecule has 0 bridgehead atoms. The summed E-state index contributed by atoms with van der Waals surface area (Å²) in [4.78, 5) is 17.9. The van der Waals surface area contributed by atoms with Crippen molar-refractivity contribution in [2.24, 2.45) is 0 Å². The Morgan fingerprint density at radius 1 is 1.06 bits per heavy atom. The largest absolute Gasteiger partial charge is 0.439 e. The minimum atomic E-state index is -4.80. The Bertz CT molecular complexity index is 1130. The number of carbonyl (C=O) groups excluding carboxylic acids is 1. The van der Waals surface area contributed by atoms with Gasteiger partial charge >= 0.3 is 6.18 Å². The van der Waals surface area contributed by atoms with E-state index in [0.717, 1.165) is 11.1 Å². The fraction of sp³-hybridized carbons (Fsp3) is 0.182. The topological polar surface area (TPSA) is 42.4 Å². The maximum absolute atomic E-state index is 13.7. The van der Waals surface area contributed by atoms with Gasteiger partial charge in [-0.15, -0.1) is 0 Å². The van der Waals surface area contributed by atoms with E-state index in [1.54, 1.807) is 13.0 Å². The molecule has 0 spiro atoms. The maximum atomic E-state index is 13.7. The van der Waals surface area contributed by atoms with Crippen LogP contribution in [-0.4, -0.2) is 22.8 Å². The number of nitrogens with zero attached hydrogens (tertiary/aromatic N) is 2. The van der Waals surface area contributed by atoms with E-state index in [2.05, 4.69) is 4.98 Å². The number of benzene rings is 2. The summed E-state index contributed by atoms with van der Waals surface area (Å²) < 4.78 is 46.6. The van der Waals surface area contributed by atoms with Crippen molar-refractivity contribution in [2.45, 2.75) is 19.6 Å². The molecule has 1 aromatic heterocycles. The minimum absolute atomic E-state index is 0.0129. The van der Waals surface area contributed by atoms with Crippen LogP contribution in [0.4, 0.5) is 13.2 Å². The second-order valence-electron chi connectivity index (χ2n) is 6.97. The Kier molecular flexibility index (Phi) is 7.22. The molecule has 0 N–H and O–H groups in total. The molecular formula is C22H16Cl3F3N2O2. The number of hydrogen-bond donors (Lipinski definition) is 0. The van der Waals surface area contributed by atoms with E-state index >= 15 is 0 Å². The first kappa shape index (κ1) is 24.2. The van der Waals surface area contributed by atoms with Crippen molar-refractivity contribution in [3.05, 3.63) is 86.0 Å². The lowest BCUT2D eigenvalue weighted by Crippen LogP contribution is -2.29. The quantitative estimate of drug-likeness (QED) is 0.363. The third kappa shape index (κ3) is 5.65. The van der Waals surface area contributed by atoms with Crippen LogP contribution in [-0.2, 0) is 12.7 Å². The Hall–Kier alpha value is -2.48. The van der Waals surface area contributed by atoms with E-state index in [0.29, 0.717) is 32.3 Å². The molecule has 0 radical (unpaired) electrons. The second kappa shape index (κ2) is 9.57. The Morgan fingerprint density at radius 2 is 1.72 bits per heavy atom. The Labute approximate surface area is 197 Å². The third-order valence-corrected chi connectivity index (χ3v) is 5.38. The molecule has 0 saturated heterocycles. The monoisotopic (exact) mass is 502 g/mol. The summed E-state index contributed by atoms with van der Waals surface area (Å²) in [5.41, 5.74) is -0.474. The van der Waals surface area contributed by atoms with Crippen molar-refractivity contribution in [1.29, 1.82) is 0 Å². The van der Waals surface area contributed by atoms with Gasteiger partial charge in [0, 0.05) is 40.9 Å². The number of amides is 1. The highest BCUT2D eigenvalue weighted by Gasteiger charge is 2.37. The predicted molar refractivity (Wildman–Crippen MR) is 118 cm³/mol.